The van der Waals surface area contributed by atoms with Gasteiger partial charge in [0.05, 0.1) is 22.9 Å². The molecular formula is C26H33Cl2N5O3. The molecule has 1 rings (SSSR count). The molecule has 1 aromatic heterocycles. The molecule has 0 saturated heterocycles. The normalized spacial score (nSPS) is 12.5. The molecule has 0 unspecified atom stereocenters. The second-order valence-electron chi connectivity index (χ2n) is 7.09. The topological polar surface area (TPSA) is 107 Å². The summed E-state index contributed by atoms with van der Waals surface area (Å²) in [4.78, 5) is 31.7. The van der Waals surface area contributed by atoms with E-state index in [-0.39, 0.29) is 29.5 Å². The zero-order valence-electron chi connectivity index (χ0n) is 21.2. The molecule has 2 amide bonds. The number of amides is 2. The van der Waals surface area contributed by atoms with Crippen molar-refractivity contribution in [2.24, 2.45) is 0 Å². The minimum absolute atomic E-state index is 0.0621. The fraction of sp³-hybridized carbons (Fsp3) is 0.231. The van der Waals surface area contributed by atoms with Crippen molar-refractivity contribution in [3.63, 3.8) is 0 Å². The van der Waals surface area contributed by atoms with E-state index in [1.807, 2.05) is 0 Å². The number of pyridine rings is 1. The average Bonchev–Trinajstić information content (AvgIpc) is 2.84. The maximum absolute atomic E-state index is 13.0. The Morgan fingerprint density at radius 3 is 2.39 bits per heavy atom. The van der Waals surface area contributed by atoms with Crippen LogP contribution in [0.3, 0.4) is 0 Å². The van der Waals surface area contributed by atoms with Crippen molar-refractivity contribution in [1.29, 1.82) is 5.41 Å². The highest BCUT2D eigenvalue weighted by Gasteiger charge is 2.18. The van der Waals surface area contributed by atoms with Gasteiger partial charge in [0.2, 0.25) is 0 Å². The van der Waals surface area contributed by atoms with Gasteiger partial charge >= 0.3 is 0 Å². The number of allylic oxidation sites excluding steroid dienone is 4. The number of methoxy groups -OCH3 is 1. The van der Waals surface area contributed by atoms with Crippen LogP contribution in [0.15, 0.2) is 89.8 Å². The van der Waals surface area contributed by atoms with Gasteiger partial charge in [0.15, 0.2) is 0 Å². The number of carbonyl (C=O) groups excluding carboxylic acids is 2. The summed E-state index contributed by atoms with van der Waals surface area (Å²) in [5, 5.41) is 14.0. The summed E-state index contributed by atoms with van der Waals surface area (Å²) in [7, 11) is 4.94. The Labute approximate surface area is 223 Å². The van der Waals surface area contributed by atoms with E-state index in [1.54, 1.807) is 75.4 Å². The van der Waals surface area contributed by atoms with E-state index in [2.05, 4.69) is 28.8 Å². The molecule has 0 aliphatic carbocycles. The van der Waals surface area contributed by atoms with Crippen LogP contribution < -0.4 is 10.6 Å². The smallest absolute Gasteiger partial charge is 0.258 e. The van der Waals surface area contributed by atoms with E-state index >= 15 is 0 Å². The van der Waals surface area contributed by atoms with E-state index in [1.165, 1.54) is 19.4 Å². The number of nitrogens with zero attached hydrogens (tertiary/aromatic N) is 2. The quantitative estimate of drug-likeness (QED) is 0.125. The molecule has 0 bridgehead atoms. The Morgan fingerprint density at radius 2 is 1.89 bits per heavy atom. The zero-order chi connectivity index (χ0) is 27.7. The van der Waals surface area contributed by atoms with Crippen molar-refractivity contribution >= 4 is 46.7 Å². The fourth-order valence-electron chi connectivity index (χ4n) is 2.44. The van der Waals surface area contributed by atoms with Crippen LogP contribution >= 0.6 is 23.2 Å². The molecule has 194 valence electrons. The van der Waals surface area contributed by atoms with Gasteiger partial charge in [-0.2, -0.15) is 0 Å². The van der Waals surface area contributed by atoms with Crippen LogP contribution in [0.1, 0.15) is 13.8 Å². The number of carbonyl (C=O) groups is 2. The first kappa shape index (κ1) is 32.5. The van der Waals surface area contributed by atoms with Crippen LogP contribution in [0.25, 0.3) is 0 Å². The first-order valence-electron chi connectivity index (χ1n) is 10.7. The van der Waals surface area contributed by atoms with Crippen molar-refractivity contribution in [1.82, 2.24) is 15.2 Å². The molecule has 1 heterocycles. The lowest BCUT2D eigenvalue weighted by Gasteiger charge is -2.15. The van der Waals surface area contributed by atoms with E-state index < -0.39 is 11.8 Å². The van der Waals surface area contributed by atoms with Gasteiger partial charge in [0, 0.05) is 38.0 Å². The number of nitrogens with one attached hydrogen (secondary N) is 3. The molecule has 0 saturated carbocycles. The lowest BCUT2D eigenvalue weighted by atomic mass is 10.1. The van der Waals surface area contributed by atoms with Crippen LogP contribution in [-0.4, -0.2) is 55.3 Å². The number of ether oxygens (including phenoxy) is 1. The lowest BCUT2D eigenvalue weighted by molar-refractivity contribution is -0.116. The molecule has 0 fully saturated rings. The number of aromatic nitrogens is 1. The molecule has 0 aromatic carbocycles. The summed E-state index contributed by atoms with van der Waals surface area (Å²) < 4.78 is 5.22. The second-order valence-corrected chi connectivity index (χ2v) is 8.12. The molecule has 0 atom stereocenters. The lowest BCUT2D eigenvalue weighted by Crippen LogP contribution is -2.30. The number of amidine groups is 1. The maximum Gasteiger partial charge on any atom is 0.258 e. The molecule has 1 aromatic rings. The third-order valence-electron chi connectivity index (χ3n) is 4.06. The van der Waals surface area contributed by atoms with Crippen molar-refractivity contribution in [3.05, 3.63) is 94.8 Å². The summed E-state index contributed by atoms with van der Waals surface area (Å²) in [6.07, 6.45) is 10.9. The van der Waals surface area contributed by atoms with Crippen LogP contribution in [0.5, 0.6) is 0 Å². The third-order valence-corrected chi connectivity index (χ3v) is 4.39. The first-order chi connectivity index (χ1) is 17.1. The van der Waals surface area contributed by atoms with Crippen LogP contribution in [0, 0.1) is 5.41 Å². The van der Waals surface area contributed by atoms with E-state index in [4.69, 9.17) is 33.3 Å². The number of likely N-dealkylation sites (N-methyl/N-ethyl adjacent to an activating group) is 1. The summed E-state index contributed by atoms with van der Waals surface area (Å²) >= 11 is 11.9. The predicted octanol–water partition coefficient (Wildman–Crippen LogP) is 5.23. The minimum Gasteiger partial charge on any atom is -0.378 e. The molecule has 3 N–H and O–H groups in total. The molecule has 10 heteroatoms. The predicted molar refractivity (Wildman–Crippen MR) is 149 cm³/mol. The summed E-state index contributed by atoms with van der Waals surface area (Å²) in [5.74, 6) is -0.465. The van der Waals surface area contributed by atoms with E-state index in [0.29, 0.717) is 15.6 Å². The summed E-state index contributed by atoms with van der Waals surface area (Å²) in [6.45, 7) is 9.32. The number of halogens is 2. The Hall–Kier alpha value is -3.46. The molecule has 0 aliphatic rings. The van der Waals surface area contributed by atoms with Gasteiger partial charge in [0.25, 0.3) is 11.8 Å². The number of anilines is 1. The van der Waals surface area contributed by atoms with Gasteiger partial charge in [-0.3, -0.25) is 15.0 Å². The maximum atomic E-state index is 13.0. The Morgan fingerprint density at radius 1 is 1.22 bits per heavy atom. The fourth-order valence-corrected chi connectivity index (χ4v) is 2.66. The van der Waals surface area contributed by atoms with E-state index in [9.17, 15) is 9.59 Å². The standard InChI is InChI=1S/C24H29Cl2N5O3.C2H4/c1-6-8-17(9-7-10-21(27)31(3)4)23(32)29-20(15-34-5)19(13-16(2)25)24(33)30-22-12-11-18(26)14-28-22;1-2/h6-14,27H,15H2,1-5H3,(H,29,32)(H,28,30,33);1-2H2/b8-6-,10-7+,16-13+,17-9+,20-19-,27-21?;. The highest BCUT2D eigenvalue weighted by Crippen LogP contribution is 2.16. The molecule has 0 aliphatic heterocycles. The van der Waals surface area contributed by atoms with Gasteiger partial charge in [-0.25, -0.2) is 4.98 Å². The SMILES string of the molecule is C=C.C\C=C/C(=C\C=C\C(=N)N(C)C)C(=O)N/C(COC)=C(/C=C(\C)Cl)C(=O)Nc1ccc(Cl)cn1. The Bertz CT molecular complexity index is 1050. The van der Waals surface area contributed by atoms with Crippen molar-refractivity contribution < 1.29 is 14.3 Å². The van der Waals surface area contributed by atoms with Crippen molar-refractivity contribution in [2.45, 2.75) is 13.8 Å². The summed E-state index contributed by atoms with van der Waals surface area (Å²) in [5.41, 5.74) is 0.619. The van der Waals surface area contributed by atoms with Crippen LogP contribution in [0.4, 0.5) is 5.82 Å². The van der Waals surface area contributed by atoms with Gasteiger partial charge < -0.3 is 20.3 Å². The average molecular weight is 534 g/mol. The summed E-state index contributed by atoms with van der Waals surface area (Å²) in [6, 6.07) is 3.14. The van der Waals surface area contributed by atoms with E-state index in [0.717, 1.165) is 0 Å². The first-order valence-corrected chi connectivity index (χ1v) is 11.4. The van der Waals surface area contributed by atoms with Crippen LogP contribution in [0.2, 0.25) is 5.02 Å². The van der Waals surface area contributed by atoms with Gasteiger partial charge in [-0.05, 0) is 44.2 Å². The molecule has 8 nitrogen and oxygen atoms in total. The second kappa shape index (κ2) is 17.9. The Balaban J connectivity index is 0.00000596. The van der Waals surface area contributed by atoms with Gasteiger partial charge in [-0.15, -0.1) is 13.2 Å². The number of rotatable bonds is 10. The largest absolute Gasteiger partial charge is 0.378 e. The van der Waals surface area contributed by atoms with Crippen LogP contribution in [-0.2, 0) is 14.3 Å². The molecule has 0 spiro atoms. The Kier molecular flexibility index (Phi) is 16.2. The number of hydrogen-bond acceptors (Lipinski definition) is 5. The van der Waals surface area contributed by atoms with Crippen molar-refractivity contribution in [3.8, 4) is 0 Å². The highest BCUT2D eigenvalue weighted by molar-refractivity contribution is 6.30. The third kappa shape index (κ3) is 12.3. The monoisotopic (exact) mass is 533 g/mol. The van der Waals surface area contributed by atoms with Crippen molar-refractivity contribution in [2.75, 3.05) is 33.1 Å². The minimum atomic E-state index is -0.543. The number of hydrogen-bond donors (Lipinski definition) is 3. The van der Waals surface area contributed by atoms with Gasteiger partial charge in [-0.1, -0.05) is 41.4 Å². The van der Waals surface area contributed by atoms with Gasteiger partial charge in [0.1, 0.15) is 11.7 Å². The zero-order valence-corrected chi connectivity index (χ0v) is 22.7. The molecular weight excluding hydrogens is 501 g/mol. The molecule has 0 radical (unpaired) electrons. The highest BCUT2D eigenvalue weighted by atomic mass is 35.5. The molecule has 36 heavy (non-hydrogen) atoms.